The van der Waals surface area contributed by atoms with Crippen molar-refractivity contribution < 1.29 is 24.1 Å². The molecule has 2 saturated heterocycles. The van der Waals surface area contributed by atoms with Gasteiger partial charge < -0.3 is 20.6 Å². The molecular formula is C8H13F2NO3. The molecule has 0 aromatic heterocycles. The molecule has 0 aromatic rings. The van der Waals surface area contributed by atoms with Crippen LogP contribution < -0.4 is 5.32 Å². The highest BCUT2D eigenvalue weighted by Gasteiger charge is 2.61. The molecular weight excluding hydrogens is 196 g/mol. The van der Waals surface area contributed by atoms with E-state index in [0.29, 0.717) is 0 Å². The second kappa shape index (κ2) is 2.85. The number of rotatable bonds is 1. The normalized spacial score (nSPS) is 50.8. The number of fused-ring (bicyclic) bond motifs is 2. The summed E-state index contributed by atoms with van der Waals surface area (Å²) in [4.78, 5) is 0. The Morgan fingerprint density at radius 2 is 2.00 bits per heavy atom. The van der Waals surface area contributed by atoms with Crippen molar-refractivity contribution in [1.82, 2.24) is 5.32 Å². The van der Waals surface area contributed by atoms with Gasteiger partial charge in [-0.25, -0.2) is 8.78 Å². The van der Waals surface area contributed by atoms with Gasteiger partial charge in [-0.15, -0.1) is 0 Å². The van der Waals surface area contributed by atoms with Gasteiger partial charge in [-0.1, -0.05) is 0 Å². The first-order valence-corrected chi connectivity index (χ1v) is 4.53. The predicted octanol–water partition coefficient (Wildman–Crippen LogP) is -1.16. The molecule has 6 heteroatoms. The second-order valence-corrected chi connectivity index (χ2v) is 4.24. The fourth-order valence-corrected chi connectivity index (χ4v) is 2.46. The molecule has 2 fully saturated rings. The largest absolute Gasteiger partial charge is 0.394 e. The van der Waals surface area contributed by atoms with Gasteiger partial charge in [-0.3, -0.25) is 0 Å². The molecule has 0 spiro atoms. The molecule has 4 atom stereocenters. The molecule has 2 aliphatic heterocycles. The maximum absolute atomic E-state index is 13.2. The molecule has 0 aliphatic carbocycles. The van der Waals surface area contributed by atoms with Crippen molar-refractivity contribution in [2.75, 3.05) is 6.61 Å². The Morgan fingerprint density at radius 1 is 1.36 bits per heavy atom. The fourth-order valence-electron chi connectivity index (χ4n) is 2.46. The molecule has 0 saturated carbocycles. The van der Waals surface area contributed by atoms with Crippen molar-refractivity contribution in [2.24, 2.45) is 0 Å². The number of piperidine rings is 1. The van der Waals surface area contributed by atoms with E-state index in [1.165, 1.54) is 0 Å². The van der Waals surface area contributed by atoms with Crippen molar-refractivity contribution in [3.8, 4) is 0 Å². The minimum atomic E-state index is -2.93. The zero-order valence-corrected chi connectivity index (χ0v) is 7.45. The van der Waals surface area contributed by atoms with Crippen molar-refractivity contribution in [2.45, 2.75) is 42.6 Å². The summed E-state index contributed by atoms with van der Waals surface area (Å²) in [6.07, 6.45) is -3.68. The van der Waals surface area contributed by atoms with E-state index in [9.17, 15) is 19.0 Å². The standard InChI is InChI=1S/C8H13F2NO3/c9-8(10)1-4-5(13)6(14)7(2-8,3-12)11-4/h4-6,11-14H,1-3H2/t4-,5-,6+,7-/m0/s1. The second-order valence-electron chi connectivity index (χ2n) is 4.24. The number of halogens is 2. The molecule has 0 unspecified atom stereocenters. The van der Waals surface area contributed by atoms with Crippen LogP contribution in [0, 0.1) is 0 Å². The Kier molecular flexibility index (Phi) is 2.08. The first kappa shape index (κ1) is 10.2. The van der Waals surface area contributed by atoms with Gasteiger partial charge >= 0.3 is 0 Å². The van der Waals surface area contributed by atoms with Crippen molar-refractivity contribution >= 4 is 0 Å². The minimum Gasteiger partial charge on any atom is -0.394 e. The number of hydrogen-bond acceptors (Lipinski definition) is 4. The first-order valence-electron chi connectivity index (χ1n) is 4.53. The van der Waals surface area contributed by atoms with Gasteiger partial charge in [0, 0.05) is 18.9 Å². The lowest BCUT2D eigenvalue weighted by atomic mass is 9.87. The maximum Gasteiger partial charge on any atom is 0.251 e. The Morgan fingerprint density at radius 3 is 2.57 bits per heavy atom. The highest BCUT2D eigenvalue weighted by atomic mass is 19.3. The van der Waals surface area contributed by atoms with Crippen LogP contribution in [0.4, 0.5) is 8.78 Å². The van der Waals surface area contributed by atoms with Gasteiger partial charge in [-0.05, 0) is 0 Å². The third-order valence-corrected chi connectivity index (χ3v) is 3.15. The number of nitrogens with one attached hydrogen (secondary N) is 1. The van der Waals surface area contributed by atoms with E-state index in [4.69, 9.17) is 5.11 Å². The van der Waals surface area contributed by atoms with Crippen LogP contribution >= 0.6 is 0 Å². The van der Waals surface area contributed by atoms with Crippen LogP contribution in [-0.2, 0) is 0 Å². The lowest BCUT2D eigenvalue weighted by Gasteiger charge is -2.38. The van der Waals surface area contributed by atoms with E-state index in [-0.39, 0.29) is 0 Å². The molecule has 0 radical (unpaired) electrons. The average Bonchev–Trinajstić information content (AvgIpc) is 2.28. The first-order chi connectivity index (χ1) is 6.40. The third kappa shape index (κ3) is 1.25. The lowest BCUT2D eigenvalue weighted by Crippen LogP contribution is -2.59. The molecule has 14 heavy (non-hydrogen) atoms. The van der Waals surface area contributed by atoms with Crippen LogP contribution in [0.25, 0.3) is 0 Å². The van der Waals surface area contributed by atoms with Crippen LogP contribution in [0.3, 0.4) is 0 Å². The zero-order valence-electron chi connectivity index (χ0n) is 7.45. The third-order valence-electron chi connectivity index (χ3n) is 3.15. The van der Waals surface area contributed by atoms with Gasteiger partial charge in [0.25, 0.3) is 5.92 Å². The monoisotopic (exact) mass is 209 g/mol. The van der Waals surface area contributed by atoms with E-state index in [0.717, 1.165) is 0 Å². The highest BCUT2D eigenvalue weighted by Crippen LogP contribution is 2.43. The molecule has 4 N–H and O–H groups in total. The molecule has 0 amide bonds. The van der Waals surface area contributed by atoms with Gasteiger partial charge in [0.1, 0.15) is 6.10 Å². The van der Waals surface area contributed by atoms with E-state index in [1.807, 2.05) is 0 Å². The molecule has 0 aromatic carbocycles. The van der Waals surface area contributed by atoms with Gasteiger partial charge in [0.15, 0.2) is 0 Å². The molecule has 82 valence electrons. The summed E-state index contributed by atoms with van der Waals surface area (Å²) in [6, 6.07) is -0.833. The topological polar surface area (TPSA) is 72.7 Å². The van der Waals surface area contributed by atoms with Crippen molar-refractivity contribution in [1.29, 1.82) is 0 Å². The summed E-state index contributed by atoms with van der Waals surface area (Å²) >= 11 is 0. The number of aliphatic hydroxyl groups is 3. The quantitative estimate of drug-likeness (QED) is 0.439. The summed E-state index contributed by atoms with van der Waals surface area (Å²) in [5.74, 6) is -2.93. The minimum absolute atomic E-state index is 0.493. The fraction of sp³-hybridized carbons (Fsp3) is 1.00. The predicted molar refractivity (Wildman–Crippen MR) is 42.9 cm³/mol. The van der Waals surface area contributed by atoms with Crippen LogP contribution in [-0.4, -0.2) is 51.6 Å². The van der Waals surface area contributed by atoms with Crippen LogP contribution in [0.1, 0.15) is 12.8 Å². The van der Waals surface area contributed by atoms with E-state index >= 15 is 0 Å². The molecule has 4 nitrogen and oxygen atoms in total. The van der Waals surface area contributed by atoms with E-state index < -0.39 is 49.2 Å². The van der Waals surface area contributed by atoms with Crippen molar-refractivity contribution in [3.63, 3.8) is 0 Å². The number of alkyl halides is 2. The summed E-state index contributed by atoms with van der Waals surface area (Å²) in [6.45, 7) is -0.600. The molecule has 2 heterocycles. The van der Waals surface area contributed by atoms with Crippen LogP contribution in [0.15, 0.2) is 0 Å². The van der Waals surface area contributed by atoms with E-state index in [1.54, 1.807) is 0 Å². The van der Waals surface area contributed by atoms with Crippen molar-refractivity contribution in [3.05, 3.63) is 0 Å². The SMILES string of the molecule is OC[C@]12CC(F)(F)C[C@H](N1)[C@H](O)[C@H]2O. The van der Waals surface area contributed by atoms with Crippen LogP contribution in [0.2, 0.25) is 0 Å². The number of aliphatic hydroxyl groups excluding tert-OH is 3. The van der Waals surface area contributed by atoms with Gasteiger partial charge in [0.2, 0.25) is 0 Å². The summed E-state index contributed by atoms with van der Waals surface area (Å²) < 4.78 is 26.3. The number of hydrogen-bond donors (Lipinski definition) is 4. The molecule has 2 bridgehead atoms. The lowest BCUT2D eigenvalue weighted by molar-refractivity contribution is -0.0874. The summed E-state index contributed by atoms with van der Waals surface area (Å²) in [7, 11) is 0. The molecule has 2 rings (SSSR count). The van der Waals surface area contributed by atoms with Crippen LogP contribution in [0.5, 0.6) is 0 Å². The smallest absolute Gasteiger partial charge is 0.251 e. The summed E-state index contributed by atoms with van der Waals surface area (Å²) in [5.41, 5.74) is -1.44. The Bertz CT molecular complexity index is 251. The van der Waals surface area contributed by atoms with E-state index in [2.05, 4.69) is 5.32 Å². The maximum atomic E-state index is 13.2. The zero-order chi connectivity index (χ0) is 10.6. The molecule has 2 aliphatic rings. The summed E-state index contributed by atoms with van der Waals surface area (Å²) in [5, 5.41) is 30.7. The average molecular weight is 209 g/mol. The Labute approximate surface area is 79.5 Å². The van der Waals surface area contributed by atoms with Gasteiger partial charge in [0.05, 0.1) is 18.2 Å². The Hall–Kier alpha value is -0.300. The van der Waals surface area contributed by atoms with Gasteiger partial charge in [-0.2, -0.15) is 0 Å². The highest BCUT2D eigenvalue weighted by molar-refractivity contribution is 5.15. The Balaban J connectivity index is 2.31.